The summed E-state index contributed by atoms with van der Waals surface area (Å²) < 4.78 is 7.80. The van der Waals surface area contributed by atoms with Crippen molar-refractivity contribution in [3.8, 4) is 16.9 Å². The summed E-state index contributed by atoms with van der Waals surface area (Å²) in [6.45, 7) is 13.0. The zero-order chi connectivity index (χ0) is 25.2. The maximum atomic E-state index is 12.5. The number of carbonyl (C=O) groups excluding carboxylic acids is 2. The fourth-order valence-electron chi connectivity index (χ4n) is 3.74. The van der Waals surface area contributed by atoms with Crippen molar-refractivity contribution in [2.45, 2.75) is 45.9 Å². The van der Waals surface area contributed by atoms with Gasteiger partial charge in [0.25, 0.3) is 5.91 Å². The second-order valence-corrected chi connectivity index (χ2v) is 9.60. The summed E-state index contributed by atoms with van der Waals surface area (Å²) in [4.78, 5) is 30.1. The standard InChI is InChI=1S/C26H30N6O3/c1-6-24(33)31-14-20(15-31)35-23-13-27-10-9-21(23)18-7-8-19(17(2)11-18)12-28-25(34)22-16-32(30-29-22)26(3,4)5/h6-11,13,16,20H,1,12,14-15H2,2-5H3,(H,28,34). The van der Waals surface area contributed by atoms with Crippen molar-refractivity contribution in [2.75, 3.05) is 13.1 Å². The molecule has 3 aromatic rings. The number of hydrogen-bond acceptors (Lipinski definition) is 6. The van der Waals surface area contributed by atoms with Crippen molar-refractivity contribution in [1.82, 2.24) is 30.2 Å². The molecule has 9 nitrogen and oxygen atoms in total. The first kappa shape index (κ1) is 24.1. The second-order valence-electron chi connectivity index (χ2n) is 9.60. The van der Waals surface area contributed by atoms with E-state index in [1.807, 2.05) is 45.9 Å². The first-order valence-electron chi connectivity index (χ1n) is 11.5. The summed E-state index contributed by atoms with van der Waals surface area (Å²) in [6, 6.07) is 7.97. The van der Waals surface area contributed by atoms with E-state index in [0.717, 1.165) is 22.3 Å². The Hall–Kier alpha value is -4.01. The number of likely N-dealkylation sites (tertiary alicyclic amines) is 1. The van der Waals surface area contributed by atoms with Gasteiger partial charge in [-0.15, -0.1) is 5.10 Å². The van der Waals surface area contributed by atoms with Gasteiger partial charge in [0.05, 0.1) is 31.0 Å². The largest absolute Gasteiger partial charge is 0.484 e. The van der Waals surface area contributed by atoms with E-state index in [9.17, 15) is 9.59 Å². The highest BCUT2D eigenvalue weighted by Gasteiger charge is 2.31. The number of carbonyl (C=O) groups is 2. The fraction of sp³-hybridized carbons (Fsp3) is 0.346. The van der Waals surface area contributed by atoms with Crippen LogP contribution < -0.4 is 10.1 Å². The van der Waals surface area contributed by atoms with E-state index in [1.165, 1.54) is 6.08 Å². The Balaban J connectivity index is 1.41. The number of amides is 2. The molecule has 1 aromatic carbocycles. The molecule has 1 aliphatic rings. The number of hydrogen-bond donors (Lipinski definition) is 1. The molecule has 182 valence electrons. The second kappa shape index (κ2) is 9.69. The molecular weight excluding hydrogens is 444 g/mol. The topological polar surface area (TPSA) is 102 Å². The van der Waals surface area contributed by atoms with Crippen LogP contribution in [0, 0.1) is 6.92 Å². The minimum absolute atomic E-state index is 0.0753. The molecule has 0 spiro atoms. The summed E-state index contributed by atoms with van der Waals surface area (Å²) in [5, 5.41) is 11.0. The Bertz CT molecular complexity index is 1250. The number of nitrogens with one attached hydrogen (secondary N) is 1. The molecule has 9 heteroatoms. The van der Waals surface area contributed by atoms with Crippen LogP contribution >= 0.6 is 0 Å². The number of nitrogens with zero attached hydrogens (tertiary/aromatic N) is 5. The van der Waals surface area contributed by atoms with Gasteiger partial charge in [0.2, 0.25) is 5.91 Å². The summed E-state index contributed by atoms with van der Waals surface area (Å²) in [5.74, 6) is 0.317. The van der Waals surface area contributed by atoms with E-state index in [0.29, 0.717) is 25.4 Å². The molecule has 2 aromatic heterocycles. The molecule has 0 atom stereocenters. The van der Waals surface area contributed by atoms with Crippen LogP contribution in [0.15, 0.2) is 55.5 Å². The van der Waals surface area contributed by atoms with Crippen molar-refractivity contribution in [2.24, 2.45) is 0 Å². The predicted octanol–water partition coefficient (Wildman–Crippen LogP) is 3.11. The van der Waals surface area contributed by atoms with Gasteiger partial charge in [-0.25, -0.2) is 4.68 Å². The number of rotatable bonds is 7. The monoisotopic (exact) mass is 474 g/mol. The van der Waals surface area contributed by atoms with E-state index in [-0.39, 0.29) is 29.2 Å². The van der Waals surface area contributed by atoms with Crippen molar-refractivity contribution >= 4 is 11.8 Å². The highest BCUT2D eigenvalue weighted by atomic mass is 16.5. The minimum atomic E-state index is -0.265. The first-order valence-corrected chi connectivity index (χ1v) is 11.5. The van der Waals surface area contributed by atoms with E-state index in [4.69, 9.17) is 4.74 Å². The molecule has 2 amide bonds. The molecular formula is C26H30N6O3. The Labute approximate surface area is 204 Å². The SMILES string of the molecule is C=CC(=O)N1CC(Oc2cnccc2-c2ccc(CNC(=O)c3cn(C(C)(C)C)nn3)c(C)c2)C1. The quantitative estimate of drug-likeness (QED) is 0.528. The number of pyridine rings is 1. The number of aryl methyl sites for hydroxylation is 1. The van der Waals surface area contributed by atoms with Crippen LogP contribution in [0.5, 0.6) is 5.75 Å². The van der Waals surface area contributed by atoms with Crippen molar-refractivity contribution < 1.29 is 14.3 Å². The Morgan fingerprint density at radius 1 is 1.26 bits per heavy atom. The zero-order valence-corrected chi connectivity index (χ0v) is 20.5. The molecule has 0 aliphatic carbocycles. The van der Waals surface area contributed by atoms with Crippen LogP contribution in [0.25, 0.3) is 11.1 Å². The van der Waals surface area contributed by atoms with E-state index in [2.05, 4.69) is 33.3 Å². The lowest BCUT2D eigenvalue weighted by Crippen LogP contribution is -2.55. The molecule has 35 heavy (non-hydrogen) atoms. The van der Waals surface area contributed by atoms with Gasteiger partial charge in [-0.05, 0) is 56.5 Å². The van der Waals surface area contributed by atoms with Gasteiger partial charge >= 0.3 is 0 Å². The molecule has 0 unspecified atom stereocenters. The molecule has 1 saturated heterocycles. The van der Waals surface area contributed by atoms with E-state index < -0.39 is 0 Å². The molecule has 0 radical (unpaired) electrons. The minimum Gasteiger partial charge on any atom is -0.484 e. The molecule has 0 saturated carbocycles. The van der Waals surface area contributed by atoms with Crippen molar-refractivity contribution in [3.63, 3.8) is 0 Å². The van der Waals surface area contributed by atoms with Crippen molar-refractivity contribution in [3.05, 3.63) is 72.3 Å². The van der Waals surface area contributed by atoms with Crippen LogP contribution in [0.4, 0.5) is 0 Å². The zero-order valence-electron chi connectivity index (χ0n) is 20.5. The Morgan fingerprint density at radius 3 is 2.69 bits per heavy atom. The van der Waals surface area contributed by atoms with Gasteiger partial charge in [-0.1, -0.05) is 30.0 Å². The lowest BCUT2D eigenvalue weighted by molar-refractivity contribution is -0.134. The van der Waals surface area contributed by atoms with Crippen LogP contribution in [0.3, 0.4) is 0 Å². The third-order valence-electron chi connectivity index (χ3n) is 5.92. The third kappa shape index (κ3) is 5.40. The molecule has 1 N–H and O–H groups in total. The van der Waals surface area contributed by atoms with E-state index in [1.54, 1.807) is 28.2 Å². The van der Waals surface area contributed by atoms with Crippen LogP contribution in [-0.4, -0.2) is 55.9 Å². The maximum Gasteiger partial charge on any atom is 0.273 e. The van der Waals surface area contributed by atoms with Gasteiger partial charge in [0.15, 0.2) is 5.69 Å². The predicted molar refractivity (Wildman–Crippen MR) is 132 cm³/mol. The molecule has 1 fully saturated rings. The summed E-state index contributed by atoms with van der Waals surface area (Å²) in [5.41, 5.74) is 3.99. The summed E-state index contributed by atoms with van der Waals surface area (Å²) in [6.07, 6.45) is 6.32. The maximum absolute atomic E-state index is 12.5. The highest BCUT2D eigenvalue weighted by molar-refractivity contribution is 5.91. The molecule has 1 aliphatic heterocycles. The molecule has 4 rings (SSSR count). The summed E-state index contributed by atoms with van der Waals surface area (Å²) in [7, 11) is 0. The van der Waals surface area contributed by atoms with Gasteiger partial charge in [0.1, 0.15) is 11.9 Å². The summed E-state index contributed by atoms with van der Waals surface area (Å²) >= 11 is 0. The number of benzene rings is 1. The Morgan fingerprint density at radius 2 is 2.03 bits per heavy atom. The normalized spacial score (nSPS) is 13.8. The van der Waals surface area contributed by atoms with Crippen molar-refractivity contribution in [1.29, 1.82) is 0 Å². The van der Waals surface area contributed by atoms with Gasteiger partial charge < -0.3 is 15.0 Å². The van der Waals surface area contributed by atoms with Crippen LogP contribution in [0.1, 0.15) is 42.4 Å². The first-order chi connectivity index (χ1) is 16.7. The van der Waals surface area contributed by atoms with Crippen LogP contribution in [-0.2, 0) is 16.9 Å². The number of ether oxygens (including phenoxy) is 1. The lowest BCUT2D eigenvalue weighted by Gasteiger charge is -2.38. The smallest absolute Gasteiger partial charge is 0.273 e. The van der Waals surface area contributed by atoms with Gasteiger partial charge in [0, 0.05) is 18.3 Å². The molecule has 0 bridgehead atoms. The van der Waals surface area contributed by atoms with Gasteiger partial charge in [-0.2, -0.15) is 0 Å². The molecule has 3 heterocycles. The average molecular weight is 475 g/mol. The third-order valence-corrected chi connectivity index (χ3v) is 5.92. The van der Waals surface area contributed by atoms with Crippen LogP contribution in [0.2, 0.25) is 0 Å². The lowest BCUT2D eigenvalue weighted by atomic mass is 9.99. The Kier molecular flexibility index (Phi) is 6.68. The number of aromatic nitrogens is 4. The van der Waals surface area contributed by atoms with Gasteiger partial charge in [-0.3, -0.25) is 14.6 Å². The van der Waals surface area contributed by atoms with E-state index >= 15 is 0 Å². The highest BCUT2D eigenvalue weighted by Crippen LogP contribution is 2.32. The average Bonchev–Trinajstić information content (AvgIpc) is 3.31. The fourth-order valence-corrected chi connectivity index (χ4v) is 3.74.